The SMILES string of the molecule is COc1cc(CNC(=O)NCc2ccccc2Cl)cc(OC)c1. The number of carbonyl (C=O) groups is 1. The summed E-state index contributed by atoms with van der Waals surface area (Å²) in [5.74, 6) is 1.36. The molecular weight excluding hydrogens is 316 g/mol. The zero-order chi connectivity index (χ0) is 16.7. The predicted octanol–water partition coefficient (Wildman–Crippen LogP) is 3.36. The largest absolute Gasteiger partial charge is 0.497 e. The van der Waals surface area contributed by atoms with Gasteiger partial charge in [-0.1, -0.05) is 29.8 Å². The molecule has 0 aromatic heterocycles. The van der Waals surface area contributed by atoms with Crippen molar-refractivity contribution >= 4 is 17.6 Å². The number of amides is 2. The Balaban J connectivity index is 1.88. The summed E-state index contributed by atoms with van der Waals surface area (Å²) in [4.78, 5) is 11.9. The highest BCUT2D eigenvalue weighted by atomic mass is 35.5. The van der Waals surface area contributed by atoms with E-state index in [0.29, 0.717) is 29.6 Å². The average Bonchev–Trinajstić information content (AvgIpc) is 2.58. The topological polar surface area (TPSA) is 59.6 Å². The molecule has 2 N–H and O–H groups in total. The van der Waals surface area contributed by atoms with E-state index in [1.165, 1.54) is 0 Å². The molecule has 122 valence electrons. The number of carbonyl (C=O) groups excluding carboxylic acids is 1. The van der Waals surface area contributed by atoms with E-state index in [4.69, 9.17) is 21.1 Å². The Hall–Kier alpha value is -2.40. The maximum Gasteiger partial charge on any atom is 0.315 e. The number of rotatable bonds is 6. The van der Waals surface area contributed by atoms with Crippen LogP contribution in [0.5, 0.6) is 11.5 Å². The molecule has 0 aliphatic heterocycles. The number of nitrogens with one attached hydrogen (secondary N) is 2. The minimum atomic E-state index is -0.272. The molecule has 0 heterocycles. The Labute approximate surface area is 140 Å². The van der Waals surface area contributed by atoms with Gasteiger partial charge in [0.2, 0.25) is 0 Å². The number of halogens is 1. The predicted molar refractivity (Wildman–Crippen MR) is 90.1 cm³/mol. The lowest BCUT2D eigenvalue weighted by Gasteiger charge is -2.11. The molecule has 2 aromatic carbocycles. The smallest absolute Gasteiger partial charge is 0.315 e. The highest BCUT2D eigenvalue weighted by molar-refractivity contribution is 6.31. The summed E-state index contributed by atoms with van der Waals surface area (Å²) in [6, 6.07) is 12.6. The molecule has 2 rings (SSSR count). The molecule has 0 aliphatic rings. The van der Waals surface area contributed by atoms with Gasteiger partial charge in [0, 0.05) is 24.2 Å². The summed E-state index contributed by atoms with van der Waals surface area (Å²) in [6.45, 7) is 0.731. The molecular formula is C17H19ClN2O3. The molecule has 0 saturated heterocycles. The highest BCUT2D eigenvalue weighted by Gasteiger charge is 2.05. The zero-order valence-electron chi connectivity index (χ0n) is 13.1. The van der Waals surface area contributed by atoms with Crippen molar-refractivity contribution < 1.29 is 14.3 Å². The third-order valence-corrected chi connectivity index (χ3v) is 3.63. The second-order valence-electron chi connectivity index (χ2n) is 4.85. The van der Waals surface area contributed by atoms with E-state index in [-0.39, 0.29) is 6.03 Å². The van der Waals surface area contributed by atoms with Crippen molar-refractivity contribution in [1.29, 1.82) is 0 Å². The normalized spacial score (nSPS) is 10.0. The van der Waals surface area contributed by atoms with Crippen LogP contribution in [0.25, 0.3) is 0 Å². The van der Waals surface area contributed by atoms with E-state index in [1.54, 1.807) is 26.4 Å². The van der Waals surface area contributed by atoms with Crippen LogP contribution in [0.1, 0.15) is 11.1 Å². The van der Waals surface area contributed by atoms with Crippen molar-refractivity contribution in [1.82, 2.24) is 10.6 Å². The number of hydrogen-bond donors (Lipinski definition) is 2. The van der Waals surface area contributed by atoms with Crippen molar-refractivity contribution in [3.05, 3.63) is 58.6 Å². The van der Waals surface area contributed by atoms with Gasteiger partial charge < -0.3 is 20.1 Å². The first-order valence-corrected chi connectivity index (χ1v) is 7.47. The Kier molecular flexibility index (Phi) is 6.11. The summed E-state index contributed by atoms with van der Waals surface area (Å²) < 4.78 is 10.4. The monoisotopic (exact) mass is 334 g/mol. The second-order valence-corrected chi connectivity index (χ2v) is 5.26. The zero-order valence-corrected chi connectivity index (χ0v) is 13.8. The Morgan fingerprint density at radius 2 is 1.61 bits per heavy atom. The van der Waals surface area contributed by atoms with Crippen molar-refractivity contribution in [2.24, 2.45) is 0 Å². The lowest BCUT2D eigenvalue weighted by Crippen LogP contribution is -2.34. The van der Waals surface area contributed by atoms with Crippen LogP contribution in [-0.4, -0.2) is 20.3 Å². The molecule has 0 fully saturated rings. The Morgan fingerprint density at radius 1 is 1.00 bits per heavy atom. The minimum absolute atomic E-state index is 0.272. The highest BCUT2D eigenvalue weighted by Crippen LogP contribution is 2.22. The van der Waals surface area contributed by atoms with Gasteiger partial charge in [0.1, 0.15) is 11.5 Å². The van der Waals surface area contributed by atoms with Crippen LogP contribution in [0, 0.1) is 0 Å². The summed E-state index contributed by atoms with van der Waals surface area (Å²) >= 11 is 6.05. The first-order valence-electron chi connectivity index (χ1n) is 7.09. The molecule has 0 spiro atoms. The van der Waals surface area contributed by atoms with Gasteiger partial charge in [-0.3, -0.25) is 0 Å². The van der Waals surface area contributed by atoms with E-state index < -0.39 is 0 Å². The third-order valence-electron chi connectivity index (χ3n) is 3.26. The van der Waals surface area contributed by atoms with Gasteiger partial charge in [-0.25, -0.2) is 4.79 Å². The molecule has 0 atom stereocenters. The van der Waals surface area contributed by atoms with E-state index >= 15 is 0 Å². The van der Waals surface area contributed by atoms with Crippen molar-refractivity contribution in [3.63, 3.8) is 0 Å². The van der Waals surface area contributed by atoms with Crippen molar-refractivity contribution in [2.75, 3.05) is 14.2 Å². The number of methoxy groups -OCH3 is 2. The van der Waals surface area contributed by atoms with Gasteiger partial charge in [-0.05, 0) is 29.3 Å². The Bertz CT molecular complexity index is 654. The molecule has 0 saturated carbocycles. The van der Waals surface area contributed by atoms with Crippen molar-refractivity contribution in [2.45, 2.75) is 13.1 Å². The third kappa shape index (κ3) is 5.07. The van der Waals surface area contributed by atoms with E-state index in [0.717, 1.165) is 11.1 Å². The van der Waals surface area contributed by atoms with Gasteiger partial charge in [0.05, 0.1) is 14.2 Å². The fourth-order valence-corrected chi connectivity index (χ4v) is 2.23. The van der Waals surface area contributed by atoms with E-state index in [2.05, 4.69) is 10.6 Å². The fourth-order valence-electron chi connectivity index (χ4n) is 2.03. The number of ether oxygens (including phenoxy) is 2. The summed E-state index contributed by atoms with van der Waals surface area (Å²) in [6.07, 6.45) is 0. The molecule has 2 aromatic rings. The molecule has 0 radical (unpaired) electrons. The fraction of sp³-hybridized carbons (Fsp3) is 0.235. The van der Waals surface area contributed by atoms with Gasteiger partial charge in [-0.15, -0.1) is 0 Å². The maximum atomic E-state index is 11.9. The lowest BCUT2D eigenvalue weighted by atomic mass is 10.2. The summed E-state index contributed by atoms with van der Waals surface area (Å²) in [5.41, 5.74) is 1.75. The summed E-state index contributed by atoms with van der Waals surface area (Å²) in [7, 11) is 3.17. The quantitative estimate of drug-likeness (QED) is 0.851. The van der Waals surface area contributed by atoms with Crippen LogP contribution in [0.15, 0.2) is 42.5 Å². The molecule has 6 heteroatoms. The van der Waals surface area contributed by atoms with Crippen LogP contribution in [0.2, 0.25) is 5.02 Å². The van der Waals surface area contributed by atoms with Crippen LogP contribution < -0.4 is 20.1 Å². The lowest BCUT2D eigenvalue weighted by molar-refractivity contribution is 0.240. The van der Waals surface area contributed by atoms with Gasteiger partial charge in [0.25, 0.3) is 0 Å². The minimum Gasteiger partial charge on any atom is -0.497 e. The number of hydrogen-bond acceptors (Lipinski definition) is 3. The summed E-state index contributed by atoms with van der Waals surface area (Å²) in [5, 5.41) is 6.19. The first-order chi connectivity index (χ1) is 11.1. The van der Waals surface area contributed by atoms with Crippen LogP contribution in [0.3, 0.4) is 0 Å². The number of benzene rings is 2. The molecule has 5 nitrogen and oxygen atoms in total. The van der Waals surface area contributed by atoms with E-state index in [9.17, 15) is 4.79 Å². The molecule has 23 heavy (non-hydrogen) atoms. The van der Waals surface area contributed by atoms with Crippen LogP contribution in [0.4, 0.5) is 4.79 Å². The van der Waals surface area contributed by atoms with Gasteiger partial charge in [0.15, 0.2) is 0 Å². The van der Waals surface area contributed by atoms with E-state index in [1.807, 2.05) is 30.3 Å². The molecule has 0 aliphatic carbocycles. The van der Waals surface area contributed by atoms with Gasteiger partial charge in [-0.2, -0.15) is 0 Å². The molecule has 0 bridgehead atoms. The first kappa shape index (κ1) is 17.0. The average molecular weight is 335 g/mol. The second kappa shape index (κ2) is 8.29. The van der Waals surface area contributed by atoms with Gasteiger partial charge >= 0.3 is 6.03 Å². The molecule has 2 amide bonds. The maximum absolute atomic E-state index is 11.9. The Morgan fingerprint density at radius 3 is 2.22 bits per heavy atom. The molecule has 0 unspecified atom stereocenters. The van der Waals surface area contributed by atoms with Crippen molar-refractivity contribution in [3.8, 4) is 11.5 Å². The number of urea groups is 1. The van der Waals surface area contributed by atoms with Crippen LogP contribution >= 0.6 is 11.6 Å². The standard InChI is InChI=1S/C17H19ClN2O3/c1-22-14-7-12(8-15(9-14)23-2)10-19-17(21)20-11-13-5-3-4-6-16(13)18/h3-9H,10-11H2,1-2H3,(H2,19,20,21). The van der Waals surface area contributed by atoms with Crippen LogP contribution in [-0.2, 0) is 13.1 Å².